The van der Waals surface area contributed by atoms with Crippen LogP contribution in [0.3, 0.4) is 0 Å². The molecule has 0 saturated carbocycles. The summed E-state index contributed by atoms with van der Waals surface area (Å²) in [6.45, 7) is 2.21. The number of hydrogen-bond donors (Lipinski definition) is 0. The molecule has 0 aliphatic carbocycles. The lowest BCUT2D eigenvalue weighted by Crippen LogP contribution is -2.30. The average Bonchev–Trinajstić information content (AvgIpc) is 2.34. The second-order valence-electron chi connectivity index (χ2n) is 4.15. The van der Waals surface area contributed by atoms with Crippen molar-refractivity contribution in [2.75, 3.05) is 24.0 Å². The lowest BCUT2D eigenvalue weighted by molar-refractivity contribution is 0.623. The number of anilines is 1. The third-order valence-corrected chi connectivity index (χ3v) is 4.21. The topological polar surface area (TPSA) is 3.24 Å². The SMILES string of the molecule is CSCCC(C)N(C)c1ccc(F)cc1CBr. The number of alkyl halides is 1. The van der Waals surface area contributed by atoms with E-state index in [4.69, 9.17) is 0 Å². The van der Waals surface area contributed by atoms with Crippen molar-refractivity contribution in [3.63, 3.8) is 0 Å². The summed E-state index contributed by atoms with van der Waals surface area (Å²) >= 11 is 5.27. The Hall–Kier alpha value is -0.220. The van der Waals surface area contributed by atoms with Gasteiger partial charge >= 0.3 is 0 Å². The Balaban J connectivity index is 2.83. The smallest absolute Gasteiger partial charge is 0.123 e. The summed E-state index contributed by atoms with van der Waals surface area (Å²) < 4.78 is 13.2. The summed E-state index contributed by atoms with van der Waals surface area (Å²) in [5, 5.41) is 0.680. The molecule has 0 heterocycles. The van der Waals surface area contributed by atoms with Gasteiger partial charge < -0.3 is 4.90 Å². The number of thioether (sulfide) groups is 1. The van der Waals surface area contributed by atoms with Crippen LogP contribution in [0.5, 0.6) is 0 Å². The van der Waals surface area contributed by atoms with Crippen LogP contribution in [0.4, 0.5) is 10.1 Å². The molecule has 96 valence electrons. The van der Waals surface area contributed by atoms with E-state index >= 15 is 0 Å². The Morgan fingerprint density at radius 2 is 2.18 bits per heavy atom. The predicted molar refractivity (Wildman–Crippen MR) is 79.9 cm³/mol. The van der Waals surface area contributed by atoms with Gasteiger partial charge in [0.25, 0.3) is 0 Å². The van der Waals surface area contributed by atoms with E-state index in [9.17, 15) is 4.39 Å². The van der Waals surface area contributed by atoms with Crippen molar-refractivity contribution in [2.24, 2.45) is 0 Å². The second-order valence-corrected chi connectivity index (χ2v) is 5.69. The van der Waals surface area contributed by atoms with Gasteiger partial charge in [0.2, 0.25) is 0 Å². The zero-order valence-corrected chi connectivity index (χ0v) is 12.9. The van der Waals surface area contributed by atoms with Gasteiger partial charge in [-0.25, -0.2) is 4.39 Å². The van der Waals surface area contributed by atoms with E-state index in [1.807, 2.05) is 17.8 Å². The lowest BCUT2D eigenvalue weighted by Gasteiger charge is -2.28. The van der Waals surface area contributed by atoms with Gasteiger partial charge in [0, 0.05) is 24.1 Å². The standard InChI is InChI=1S/C13H19BrFNS/c1-10(6-7-17-3)16(2)13-5-4-12(15)8-11(13)9-14/h4-5,8,10H,6-7,9H2,1-3H3. The van der Waals surface area contributed by atoms with Gasteiger partial charge in [-0.3, -0.25) is 0 Å². The van der Waals surface area contributed by atoms with Crippen molar-refractivity contribution in [3.05, 3.63) is 29.6 Å². The van der Waals surface area contributed by atoms with Crippen LogP contribution in [-0.4, -0.2) is 25.1 Å². The van der Waals surface area contributed by atoms with Crippen LogP contribution in [0, 0.1) is 5.82 Å². The fraction of sp³-hybridized carbons (Fsp3) is 0.538. The highest BCUT2D eigenvalue weighted by Crippen LogP contribution is 2.25. The van der Waals surface area contributed by atoms with Crippen LogP contribution >= 0.6 is 27.7 Å². The molecule has 17 heavy (non-hydrogen) atoms. The van der Waals surface area contributed by atoms with E-state index in [0.717, 1.165) is 23.4 Å². The minimum atomic E-state index is -0.173. The number of halogens is 2. The molecule has 0 radical (unpaired) electrons. The molecule has 0 aliphatic rings. The molecule has 0 bridgehead atoms. The summed E-state index contributed by atoms with van der Waals surface area (Å²) in [4.78, 5) is 2.23. The molecule has 0 N–H and O–H groups in total. The number of rotatable bonds is 6. The van der Waals surface area contributed by atoms with E-state index in [0.29, 0.717) is 11.4 Å². The maximum atomic E-state index is 13.2. The molecule has 0 saturated heterocycles. The minimum absolute atomic E-state index is 0.173. The highest BCUT2D eigenvalue weighted by atomic mass is 79.9. The summed E-state index contributed by atoms with van der Waals surface area (Å²) in [6, 6.07) is 5.45. The fourth-order valence-electron chi connectivity index (χ4n) is 1.72. The van der Waals surface area contributed by atoms with Crippen LogP contribution in [-0.2, 0) is 5.33 Å². The monoisotopic (exact) mass is 319 g/mol. The highest BCUT2D eigenvalue weighted by molar-refractivity contribution is 9.08. The molecule has 0 fully saturated rings. The summed E-state index contributed by atoms with van der Waals surface area (Å²) in [5.41, 5.74) is 2.11. The summed E-state index contributed by atoms with van der Waals surface area (Å²) in [6.07, 6.45) is 3.26. The van der Waals surface area contributed by atoms with Gasteiger partial charge in [-0.1, -0.05) is 15.9 Å². The highest BCUT2D eigenvalue weighted by Gasteiger charge is 2.13. The van der Waals surface area contributed by atoms with Crippen molar-refractivity contribution in [1.82, 2.24) is 0 Å². The molecule has 0 spiro atoms. The Labute approximate surface area is 116 Å². The molecular weight excluding hydrogens is 301 g/mol. The van der Waals surface area contributed by atoms with Gasteiger partial charge in [0.15, 0.2) is 0 Å². The predicted octanol–water partition coefficient (Wildman–Crippen LogP) is 4.30. The first kappa shape index (κ1) is 14.8. The first-order valence-electron chi connectivity index (χ1n) is 5.66. The van der Waals surface area contributed by atoms with Gasteiger partial charge in [-0.05, 0) is 49.1 Å². The summed E-state index contributed by atoms with van der Waals surface area (Å²) in [7, 11) is 2.07. The van der Waals surface area contributed by atoms with Crippen LogP contribution in [0.15, 0.2) is 18.2 Å². The van der Waals surface area contributed by atoms with Crippen molar-refractivity contribution >= 4 is 33.4 Å². The van der Waals surface area contributed by atoms with Gasteiger partial charge in [0.05, 0.1) is 0 Å². The largest absolute Gasteiger partial charge is 0.372 e. The Morgan fingerprint density at radius 1 is 1.47 bits per heavy atom. The maximum absolute atomic E-state index is 13.2. The minimum Gasteiger partial charge on any atom is -0.372 e. The van der Waals surface area contributed by atoms with Crippen LogP contribution in [0.25, 0.3) is 0 Å². The second kappa shape index (κ2) is 7.27. The molecule has 0 amide bonds. The molecule has 1 unspecified atom stereocenters. The van der Waals surface area contributed by atoms with Crippen molar-refractivity contribution in [1.29, 1.82) is 0 Å². The number of hydrogen-bond acceptors (Lipinski definition) is 2. The number of nitrogens with zero attached hydrogens (tertiary/aromatic N) is 1. The maximum Gasteiger partial charge on any atom is 0.123 e. The molecule has 1 aromatic carbocycles. The van der Waals surface area contributed by atoms with Gasteiger partial charge in [-0.15, -0.1) is 0 Å². The molecule has 1 rings (SSSR count). The Morgan fingerprint density at radius 3 is 2.76 bits per heavy atom. The van der Waals surface area contributed by atoms with E-state index in [2.05, 4.69) is 41.1 Å². The first-order valence-corrected chi connectivity index (χ1v) is 8.17. The molecule has 1 aromatic rings. The molecule has 1 nitrogen and oxygen atoms in total. The van der Waals surface area contributed by atoms with Crippen molar-refractivity contribution in [2.45, 2.75) is 24.7 Å². The molecule has 1 atom stereocenters. The quantitative estimate of drug-likeness (QED) is 0.719. The third kappa shape index (κ3) is 4.18. The van der Waals surface area contributed by atoms with Crippen molar-refractivity contribution < 1.29 is 4.39 Å². The van der Waals surface area contributed by atoms with Crippen LogP contribution in [0.2, 0.25) is 0 Å². The first-order chi connectivity index (χ1) is 8.10. The molecule has 0 aromatic heterocycles. The molecule has 4 heteroatoms. The zero-order chi connectivity index (χ0) is 12.8. The van der Waals surface area contributed by atoms with Crippen molar-refractivity contribution in [3.8, 4) is 0 Å². The Kier molecular flexibility index (Phi) is 6.34. The molecule has 0 aliphatic heterocycles. The third-order valence-electron chi connectivity index (χ3n) is 2.97. The average molecular weight is 320 g/mol. The number of benzene rings is 1. The summed E-state index contributed by atoms with van der Waals surface area (Å²) in [5.74, 6) is 0.976. The lowest BCUT2D eigenvalue weighted by atomic mass is 10.1. The van der Waals surface area contributed by atoms with E-state index < -0.39 is 0 Å². The zero-order valence-electron chi connectivity index (χ0n) is 10.5. The van der Waals surface area contributed by atoms with Gasteiger partial charge in [0.1, 0.15) is 5.82 Å². The fourth-order valence-corrected chi connectivity index (χ4v) is 2.75. The van der Waals surface area contributed by atoms with Crippen LogP contribution < -0.4 is 4.90 Å². The van der Waals surface area contributed by atoms with Crippen LogP contribution in [0.1, 0.15) is 18.9 Å². The van der Waals surface area contributed by atoms with E-state index in [1.165, 1.54) is 6.07 Å². The Bertz CT molecular complexity index is 359. The van der Waals surface area contributed by atoms with Gasteiger partial charge in [-0.2, -0.15) is 11.8 Å². The van der Waals surface area contributed by atoms with E-state index in [1.54, 1.807) is 6.07 Å². The molecular formula is C13H19BrFNS. The van der Waals surface area contributed by atoms with E-state index in [-0.39, 0.29) is 5.82 Å². The normalized spacial score (nSPS) is 12.5.